The second-order valence-electron chi connectivity index (χ2n) is 5.05. The molecule has 0 fully saturated rings. The topological polar surface area (TPSA) is 47.6 Å². The molecule has 2 aromatic heterocycles. The van der Waals surface area contributed by atoms with Crippen molar-refractivity contribution in [1.29, 1.82) is 0 Å². The highest BCUT2D eigenvalue weighted by Gasteiger charge is 2.21. The maximum atomic E-state index is 12.6. The van der Waals surface area contributed by atoms with Crippen molar-refractivity contribution in [1.82, 2.24) is 5.32 Å². The summed E-state index contributed by atoms with van der Waals surface area (Å²) in [4.78, 5) is 13.8. The number of carbonyl (C=O) groups is 1. The van der Waals surface area contributed by atoms with Crippen LogP contribution in [0.1, 0.15) is 26.8 Å². The number of benzene rings is 1. The summed E-state index contributed by atoms with van der Waals surface area (Å²) in [5.74, 6) is 1.16. The van der Waals surface area contributed by atoms with Crippen molar-refractivity contribution >= 4 is 28.6 Å². The number of amides is 1. The molecule has 0 spiro atoms. The predicted molar refractivity (Wildman–Crippen MR) is 90.5 cm³/mol. The van der Waals surface area contributed by atoms with E-state index in [0.29, 0.717) is 17.1 Å². The Morgan fingerprint density at radius 2 is 2.04 bits per heavy atom. The smallest absolute Gasteiger partial charge is 0.252 e. The highest BCUT2D eigenvalue weighted by Crippen LogP contribution is 2.33. The number of carbonyl (C=O) groups excluding carboxylic acids is 1. The summed E-state index contributed by atoms with van der Waals surface area (Å²) < 4.78 is 10.6. The van der Waals surface area contributed by atoms with Crippen molar-refractivity contribution in [2.75, 3.05) is 6.79 Å². The molecule has 0 saturated heterocycles. The van der Waals surface area contributed by atoms with Gasteiger partial charge in [-0.2, -0.15) is 11.3 Å². The normalized spacial score (nSPS) is 13.7. The molecule has 0 bridgehead atoms. The van der Waals surface area contributed by atoms with Crippen LogP contribution in [0.3, 0.4) is 0 Å². The molecule has 4 rings (SSSR count). The second-order valence-corrected chi connectivity index (χ2v) is 6.81. The fourth-order valence-electron chi connectivity index (χ4n) is 2.47. The fraction of sp³-hybridized carbons (Fsp3) is 0.118. The Morgan fingerprint density at radius 1 is 1.13 bits per heavy atom. The van der Waals surface area contributed by atoms with Gasteiger partial charge in [0.1, 0.15) is 0 Å². The van der Waals surface area contributed by atoms with Gasteiger partial charge in [0.2, 0.25) is 6.79 Å². The number of rotatable bonds is 4. The van der Waals surface area contributed by atoms with Crippen molar-refractivity contribution in [2.24, 2.45) is 0 Å². The molecule has 1 aliphatic heterocycles. The van der Waals surface area contributed by atoms with Crippen molar-refractivity contribution in [3.05, 3.63) is 68.5 Å². The molecule has 4 nitrogen and oxygen atoms in total. The number of thiophene rings is 2. The maximum absolute atomic E-state index is 12.6. The molecule has 1 N–H and O–H groups in total. The molecule has 0 aliphatic carbocycles. The lowest BCUT2D eigenvalue weighted by molar-refractivity contribution is 0.0943. The molecule has 1 aliphatic rings. The number of fused-ring (bicyclic) bond motifs is 1. The molecule has 1 aromatic carbocycles. The molecule has 0 radical (unpaired) electrons. The summed E-state index contributed by atoms with van der Waals surface area (Å²) in [6.45, 7) is 0.202. The van der Waals surface area contributed by atoms with Gasteiger partial charge in [0.25, 0.3) is 5.91 Å². The zero-order valence-corrected chi connectivity index (χ0v) is 13.7. The first-order valence-corrected chi connectivity index (χ1v) is 8.89. The average molecular weight is 343 g/mol. The van der Waals surface area contributed by atoms with Crippen LogP contribution in [0.5, 0.6) is 11.5 Å². The van der Waals surface area contributed by atoms with Crippen molar-refractivity contribution in [3.63, 3.8) is 0 Å². The Bertz CT molecular complexity index is 778. The number of hydrogen-bond acceptors (Lipinski definition) is 5. The molecular weight excluding hydrogens is 330 g/mol. The maximum Gasteiger partial charge on any atom is 0.252 e. The van der Waals surface area contributed by atoms with Crippen LogP contribution in [0.4, 0.5) is 0 Å². The van der Waals surface area contributed by atoms with Gasteiger partial charge >= 0.3 is 0 Å². The van der Waals surface area contributed by atoms with E-state index in [0.717, 1.165) is 10.4 Å². The minimum absolute atomic E-state index is 0.132. The second kappa shape index (κ2) is 6.06. The first-order valence-electron chi connectivity index (χ1n) is 7.07. The van der Waals surface area contributed by atoms with Gasteiger partial charge in [-0.15, -0.1) is 11.3 Å². The molecular formula is C17H13NO3S2. The summed E-state index contributed by atoms with van der Waals surface area (Å²) in [7, 11) is 0. The summed E-state index contributed by atoms with van der Waals surface area (Å²) in [6, 6.07) is 11.2. The quantitative estimate of drug-likeness (QED) is 0.777. The van der Waals surface area contributed by atoms with Gasteiger partial charge in [0.15, 0.2) is 11.5 Å². The van der Waals surface area contributed by atoms with E-state index >= 15 is 0 Å². The highest BCUT2D eigenvalue weighted by molar-refractivity contribution is 7.10. The Kier molecular flexibility index (Phi) is 3.77. The third-order valence-electron chi connectivity index (χ3n) is 3.61. The number of hydrogen-bond donors (Lipinski definition) is 1. The molecule has 3 heterocycles. The third kappa shape index (κ3) is 2.83. The van der Waals surface area contributed by atoms with Gasteiger partial charge in [-0.1, -0.05) is 6.07 Å². The zero-order chi connectivity index (χ0) is 15.6. The molecule has 3 aromatic rings. The van der Waals surface area contributed by atoms with Gasteiger partial charge in [-0.3, -0.25) is 4.79 Å². The molecule has 1 atom stereocenters. The van der Waals surface area contributed by atoms with Gasteiger partial charge in [0, 0.05) is 10.4 Å². The van der Waals surface area contributed by atoms with E-state index in [-0.39, 0.29) is 18.7 Å². The van der Waals surface area contributed by atoms with Crippen LogP contribution in [-0.4, -0.2) is 12.7 Å². The van der Waals surface area contributed by atoms with E-state index < -0.39 is 0 Å². The van der Waals surface area contributed by atoms with Gasteiger partial charge in [-0.05, 0) is 52.0 Å². The summed E-state index contributed by atoms with van der Waals surface area (Å²) >= 11 is 3.25. The van der Waals surface area contributed by atoms with Crippen molar-refractivity contribution < 1.29 is 14.3 Å². The van der Waals surface area contributed by atoms with Crippen LogP contribution in [0, 0.1) is 0 Å². The first-order chi connectivity index (χ1) is 11.3. The Labute approximate surface area is 141 Å². The fourth-order valence-corrected chi connectivity index (χ4v) is 3.95. The summed E-state index contributed by atoms with van der Waals surface area (Å²) in [5.41, 5.74) is 1.65. The Balaban J connectivity index is 1.60. The van der Waals surface area contributed by atoms with Gasteiger partial charge in [-0.25, -0.2) is 0 Å². The van der Waals surface area contributed by atoms with Gasteiger partial charge in [0.05, 0.1) is 6.04 Å². The van der Waals surface area contributed by atoms with E-state index in [1.807, 2.05) is 29.0 Å². The first kappa shape index (κ1) is 14.3. The lowest BCUT2D eigenvalue weighted by atomic mass is 10.1. The lowest BCUT2D eigenvalue weighted by Crippen LogP contribution is -2.28. The summed E-state index contributed by atoms with van der Waals surface area (Å²) in [6.07, 6.45) is 0. The van der Waals surface area contributed by atoms with E-state index in [9.17, 15) is 4.79 Å². The molecule has 6 heteroatoms. The van der Waals surface area contributed by atoms with Crippen LogP contribution in [0.25, 0.3) is 0 Å². The van der Waals surface area contributed by atoms with Crippen LogP contribution >= 0.6 is 22.7 Å². The van der Waals surface area contributed by atoms with Crippen LogP contribution < -0.4 is 14.8 Å². The van der Waals surface area contributed by atoms with Gasteiger partial charge < -0.3 is 14.8 Å². The summed E-state index contributed by atoms with van der Waals surface area (Å²) in [5, 5.41) is 9.20. The monoisotopic (exact) mass is 343 g/mol. The van der Waals surface area contributed by atoms with E-state index in [2.05, 4.69) is 10.7 Å². The standard InChI is InChI=1S/C17H13NO3S2/c19-17(11-3-4-13-14(8-11)21-10-20-13)18-16(12-5-7-22-9-12)15-2-1-6-23-15/h1-9,16H,10H2,(H,18,19)/t16-/m0/s1. The lowest BCUT2D eigenvalue weighted by Gasteiger charge is -2.16. The van der Waals surface area contributed by atoms with E-state index in [4.69, 9.17) is 9.47 Å². The average Bonchev–Trinajstić information content (AvgIpc) is 3.34. The Hall–Kier alpha value is -2.31. The zero-order valence-electron chi connectivity index (χ0n) is 12.0. The number of ether oxygens (including phenoxy) is 2. The third-order valence-corrected chi connectivity index (χ3v) is 5.25. The van der Waals surface area contributed by atoms with Crippen LogP contribution in [0.15, 0.2) is 52.5 Å². The molecule has 1 amide bonds. The minimum Gasteiger partial charge on any atom is -0.454 e. The van der Waals surface area contributed by atoms with E-state index in [1.54, 1.807) is 40.9 Å². The van der Waals surface area contributed by atoms with Crippen molar-refractivity contribution in [2.45, 2.75) is 6.04 Å². The molecule has 116 valence electrons. The predicted octanol–water partition coefficient (Wildman–Crippen LogP) is 4.06. The van der Waals surface area contributed by atoms with Crippen LogP contribution in [-0.2, 0) is 0 Å². The molecule has 0 unspecified atom stereocenters. The molecule has 23 heavy (non-hydrogen) atoms. The minimum atomic E-state index is -0.140. The van der Waals surface area contributed by atoms with E-state index in [1.165, 1.54) is 0 Å². The Morgan fingerprint density at radius 3 is 2.83 bits per heavy atom. The number of nitrogens with one attached hydrogen (secondary N) is 1. The van der Waals surface area contributed by atoms with Crippen molar-refractivity contribution in [3.8, 4) is 11.5 Å². The molecule has 0 saturated carbocycles. The SMILES string of the molecule is O=C(N[C@@H](c1ccsc1)c1cccs1)c1ccc2c(c1)OCO2. The largest absolute Gasteiger partial charge is 0.454 e. The highest BCUT2D eigenvalue weighted by atomic mass is 32.1. The van der Waals surface area contributed by atoms with Crippen LogP contribution in [0.2, 0.25) is 0 Å².